The summed E-state index contributed by atoms with van der Waals surface area (Å²) >= 11 is 0. The number of pyridine rings is 1. The van der Waals surface area contributed by atoms with Gasteiger partial charge in [0.2, 0.25) is 0 Å². The van der Waals surface area contributed by atoms with E-state index in [9.17, 15) is 18.3 Å². The Morgan fingerprint density at radius 3 is 2.55 bits per heavy atom. The molecule has 1 heterocycles. The Morgan fingerprint density at radius 2 is 2.10 bits per heavy atom. The number of rotatable bonds is 5. The summed E-state index contributed by atoms with van der Waals surface area (Å²) in [6, 6.07) is 1.93. The molecule has 0 aromatic carbocycles. The minimum absolute atomic E-state index is 0.0204. The molecule has 5 nitrogen and oxygen atoms in total. The monoisotopic (exact) mass is 290 g/mol. The highest BCUT2D eigenvalue weighted by Gasteiger charge is 2.33. The standard InChI is InChI=1S/C12H17F3N4O/c1-7(20)5-6-19(2)11-8(10(16)17)3-4-9(18-11)12(13,14)15/h3-4,7,20H,5-6H2,1-2H3,(H3,16,17). The molecule has 0 saturated carbocycles. The van der Waals surface area contributed by atoms with E-state index in [0.717, 1.165) is 12.1 Å². The highest BCUT2D eigenvalue weighted by molar-refractivity contribution is 5.99. The van der Waals surface area contributed by atoms with Crippen molar-refractivity contribution in [2.45, 2.75) is 25.6 Å². The minimum Gasteiger partial charge on any atom is -0.393 e. The van der Waals surface area contributed by atoms with Gasteiger partial charge in [-0.05, 0) is 25.5 Å². The van der Waals surface area contributed by atoms with E-state index in [2.05, 4.69) is 4.98 Å². The summed E-state index contributed by atoms with van der Waals surface area (Å²) in [5.74, 6) is -0.377. The molecule has 4 N–H and O–H groups in total. The molecule has 8 heteroatoms. The van der Waals surface area contributed by atoms with Crippen molar-refractivity contribution in [1.29, 1.82) is 5.41 Å². The van der Waals surface area contributed by atoms with Gasteiger partial charge in [0, 0.05) is 13.6 Å². The first-order chi connectivity index (χ1) is 9.12. The van der Waals surface area contributed by atoms with Gasteiger partial charge in [0.15, 0.2) is 0 Å². The van der Waals surface area contributed by atoms with Gasteiger partial charge in [-0.3, -0.25) is 5.41 Å². The van der Waals surface area contributed by atoms with Crippen LogP contribution in [-0.4, -0.2) is 35.6 Å². The van der Waals surface area contributed by atoms with E-state index in [-0.39, 0.29) is 17.2 Å². The second-order valence-corrected chi connectivity index (χ2v) is 4.54. The largest absolute Gasteiger partial charge is 0.433 e. The molecule has 1 aromatic rings. The number of alkyl halides is 3. The number of nitrogen functional groups attached to an aromatic ring is 1. The number of halogens is 3. The molecule has 0 bridgehead atoms. The van der Waals surface area contributed by atoms with Crippen LogP contribution < -0.4 is 10.6 Å². The van der Waals surface area contributed by atoms with Crippen LogP contribution in [0.3, 0.4) is 0 Å². The van der Waals surface area contributed by atoms with Crippen LogP contribution in [0.2, 0.25) is 0 Å². The van der Waals surface area contributed by atoms with Crippen LogP contribution in [0.4, 0.5) is 19.0 Å². The fourth-order valence-electron chi connectivity index (χ4n) is 1.59. The number of hydrogen-bond donors (Lipinski definition) is 3. The van der Waals surface area contributed by atoms with Crippen molar-refractivity contribution >= 4 is 11.7 Å². The molecule has 0 aliphatic rings. The van der Waals surface area contributed by atoms with Gasteiger partial charge in [0.1, 0.15) is 17.3 Å². The zero-order valence-electron chi connectivity index (χ0n) is 11.2. The number of aromatic nitrogens is 1. The Morgan fingerprint density at radius 1 is 1.50 bits per heavy atom. The number of aliphatic hydroxyl groups excluding tert-OH is 1. The highest BCUT2D eigenvalue weighted by atomic mass is 19.4. The number of nitrogens with zero attached hydrogens (tertiary/aromatic N) is 2. The number of amidine groups is 1. The Labute approximate surface area is 114 Å². The first-order valence-corrected chi connectivity index (χ1v) is 5.94. The molecule has 0 spiro atoms. The van der Waals surface area contributed by atoms with Crippen molar-refractivity contribution < 1.29 is 18.3 Å². The number of aliphatic hydroxyl groups is 1. The van der Waals surface area contributed by atoms with E-state index in [1.807, 2.05) is 0 Å². The summed E-state index contributed by atoms with van der Waals surface area (Å²) in [6.07, 6.45) is -4.77. The van der Waals surface area contributed by atoms with E-state index in [4.69, 9.17) is 11.1 Å². The van der Waals surface area contributed by atoms with Crippen LogP contribution in [0.1, 0.15) is 24.6 Å². The fourth-order valence-corrected chi connectivity index (χ4v) is 1.59. The maximum Gasteiger partial charge on any atom is 0.433 e. The van der Waals surface area contributed by atoms with Crippen LogP contribution >= 0.6 is 0 Å². The van der Waals surface area contributed by atoms with Gasteiger partial charge >= 0.3 is 6.18 Å². The van der Waals surface area contributed by atoms with Gasteiger partial charge in [-0.15, -0.1) is 0 Å². The highest BCUT2D eigenvalue weighted by Crippen LogP contribution is 2.30. The summed E-state index contributed by atoms with van der Waals surface area (Å²) in [6.45, 7) is 1.88. The molecular weight excluding hydrogens is 273 g/mol. The molecule has 0 amide bonds. The van der Waals surface area contributed by atoms with Gasteiger partial charge in [-0.2, -0.15) is 13.2 Å². The third kappa shape index (κ3) is 4.09. The zero-order chi connectivity index (χ0) is 15.5. The molecule has 1 aromatic heterocycles. The number of nitrogens with two attached hydrogens (primary N) is 1. The van der Waals surface area contributed by atoms with Crippen molar-refractivity contribution in [3.05, 3.63) is 23.4 Å². The Kier molecular flexibility index (Phi) is 4.93. The third-order valence-electron chi connectivity index (χ3n) is 2.70. The molecule has 0 aliphatic carbocycles. The van der Waals surface area contributed by atoms with E-state index in [1.54, 1.807) is 6.92 Å². The second kappa shape index (κ2) is 6.08. The van der Waals surface area contributed by atoms with E-state index in [0.29, 0.717) is 13.0 Å². The smallest absolute Gasteiger partial charge is 0.393 e. The fraction of sp³-hybridized carbons (Fsp3) is 0.500. The molecular formula is C12H17F3N4O. The van der Waals surface area contributed by atoms with Crippen molar-refractivity contribution in [1.82, 2.24) is 4.98 Å². The van der Waals surface area contributed by atoms with E-state index >= 15 is 0 Å². The minimum atomic E-state index is -4.56. The number of hydrogen-bond acceptors (Lipinski definition) is 4. The zero-order valence-corrected chi connectivity index (χ0v) is 11.2. The molecule has 1 atom stereocenters. The summed E-state index contributed by atoms with van der Waals surface area (Å²) in [5, 5.41) is 16.6. The Hall–Kier alpha value is -1.83. The van der Waals surface area contributed by atoms with Gasteiger partial charge in [-0.25, -0.2) is 4.98 Å². The summed E-state index contributed by atoms with van der Waals surface area (Å²) in [5.41, 5.74) is 4.44. The topological polar surface area (TPSA) is 86.2 Å². The van der Waals surface area contributed by atoms with Crippen molar-refractivity contribution in [2.75, 3.05) is 18.5 Å². The molecule has 0 fully saturated rings. The molecule has 1 rings (SSSR count). The van der Waals surface area contributed by atoms with E-state index in [1.165, 1.54) is 11.9 Å². The number of nitrogens with one attached hydrogen (secondary N) is 1. The SMILES string of the molecule is CC(O)CCN(C)c1nc(C(F)(F)F)ccc1C(=N)N. The lowest BCUT2D eigenvalue weighted by Crippen LogP contribution is -2.27. The van der Waals surface area contributed by atoms with Crippen molar-refractivity contribution in [3.63, 3.8) is 0 Å². The maximum absolute atomic E-state index is 12.7. The molecule has 112 valence electrons. The average molecular weight is 290 g/mol. The predicted molar refractivity (Wildman–Crippen MR) is 69.8 cm³/mol. The lowest BCUT2D eigenvalue weighted by atomic mass is 10.2. The van der Waals surface area contributed by atoms with E-state index < -0.39 is 18.0 Å². The van der Waals surface area contributed by atoms with Gasteiger partial charge in [-0.1, -0.05) is 0 Å². The molecule has 1 unspecified atom stereocenters. The molecule has 0 aliphatic heterocycles. The Balaban J connectivity index is 3.15. The summed E-state index contributed by atoms with van der Waals surface area (Å²) < 4.78 is 38.0. The summed E-state index contributed by atoms with van der Waals surface area (Å²) in [4.78, 5) is 4.98. The van der Waals surface area contributed by atoms with Crippen molar-refractivity contribution in [2.24, 2.45) is 5.73 Å². The quantitative estimate of drug-likeness (QED) is 0.568. The van der Waals surface area contributed by atoms with Crippen LogP contribution in [0.15, 0.2) is 12.1 Å². The third-order valence-corrected chi connectivity index (χ3v) is 2.70. The predicted octanol–water partition coefficient (Wildman–Crippen LogP) is 1.59. The summed E-state index contributed by atoms with van der Waals surface area (Å²) in [7, 11) is 1.54. The van der Waals surface area contributed by atoms with Gasteiger partial charge < -0.3 is 15.7 Å². The Bertz CT molecular complexity index is 488. The van der Waals surface area contributed by atoms with Crippen LogP contribution in [0, 0.1) is 5.41 Å². The van der Waals surface area contributed by atoms with Crippen LogP contribution in [0.25, 0.3) is 0 Å². The lowest BCUT2D eigenvalue weighted by Gasteiger charge is -2.22. The normalized spacial score (nSPS) is 13.1. The van der Waals surface area contributed by atoms with Crippen molar-refractivity contribution in [3.8, 4) is 0 Å². The molecule has 20 heavy (non-hydrogen) atoms. The lowest BCUT2D eigenvalue weighted by molar-refractivity contribution is -0.141. The average Bonchev–Trinajstić information content (AvgIpc) is 2.33. The van der Waals surface area contributed by atoms with Crippen LogP contribution in [-0.2, 0) is 6.18 Å². The van der Waals surface area contributed by atoms with Gasteiger partial charge in [0.25, 0.3) is 0 Å². The van der Waals surface area contributed by atoms with Crippen LogP contribution in [0.5, 0.6) is 0 Å². The van der Waals surface area contributed by atoms with Gasteiger partial charge in [0.05, 0.1) is 11.7 Å². The maximum atomic E-state index is 12.7. The second-order valence-electron chi connectivity index (χ2n) is 4.54. The molecule has 0 radical (unpaired) electrons. The molecule has 0 saturated heterocycles. The first kappa shape index (κ1) is 16.2. The first-order valence-electron chi connectivity index (χ1n) is 5.94. The number of anilines is 1.